The van der Waals surface area contributed by atoms with Gasteiger partial charge in [-0.3, -0.25) is 0 Å². The number of methoxy groups -OCH3 is 1. The number of hydrogen-bond donors (Lipinski definition) is 1. The van der Waals surface area contributed by atoms with Crippen molar-refractivity contribution >= 4 is 11.8 Å². The lowest BCUT2D eigenvalue weighted by molar-refractivity contribution is 0.414. The zero-order valence-electron chi connectivity index (χ0n) is 11.0. The predicted octanol–water partition coefficient (Wildman–Crippen LogP) is 3.49. The second kappa shape index (κ2) is 8.43. The van der Waals surface area contributed by atoms with Crippen molar-refractivity contribution < 1.29 is 4.74 Å². The number of nitrogens with one attached hydrogen (secondary N) is 1. The molecule has 0 aliphatic rings. The minimum absolute atomic E-state index is 0.410. The van der Waals surface area contributed by atoms with E-state index in [2.05, 4.69) is 31.3 Å². The SMILES string of the molecule is CCSCCCNC(C)c1ccc(OC)cc1. The van der Waals surface area contributed by atoms with Crippen molar-refractivity contribution in [2.45, 2.75) is 26.3 Å². The molecular weight excluding hydrogens is 230 g/mol. The van der Waals surface area contributed by atoms with E-state index in [0.717, 1.165) is 12.3 Å². The van der Waals surface area contributed by atoms with E-state index in [1.165, 1.54) is 23.5 Å². The predicted molar refractivity (Wildman–Crippen MR) is 77.0 cm³/mol. The minimum Gasteiger partial charge on any atom is -0.497 e. The Kier molecular flexibility index (Phi) is 7.13. The minimum atomic E-state index is 0.410. The third kappa shape index (κ3) is 5.46. The van der Waals surface area contributed by atoms with Crippen LogP contribution >= 0.6 is 11.8 Å². The van der Waals surface area contributed by atoms with Crippen LogP contribution in [0.4, 0.5) is 0 Å². The van der Waals surface area contributed by atoms with Crippen molar-refractivity contribution in [2.24, 2.45) is 0 Å². The summed E-state index contributed by atoms with van der Waals surface area (Å²) in [6.45, 7) is 5.49. The molecule has 0 aliphatic heterocycles. The Labute approximate surface area is 109 Å². The molecule has 0 saturated carbocycles. The third-order valence-electron chi connectivity index (χ3n) is 2.74. The summed E-state index contributed by atoms with van der Waals surface area (Å²) in [6, 6.07) is 8.68. The maximum atomic E-state index is 5.15. The maximum absolute atomic E-state index is 5.15. The van der Waals surface area contributed by atoms with Crippen LogP contribution < -0.4 is 10.1 Å². The van der Waals surface area contributed by atoms with Crippen molar-refractivity contribution in [1.82, 2.24) is 5.32 Å². The van der Waals surface area contributed by atoms with E-state index in [0.29, 0.717) is 6.04 Å². The lowest BCUT2D eigenvalue weighted by atomic mass is 10.1. The lowest BCUT2D eigenvalue weighted by Crippen LogP contribution is -2.20. The van der Waals surface area contributed by atoms with E-state index in [4.69, 9.17) is 4.74 Å². The van der Waals surface area contributed by atoms with Gasteiger partial charge in [0.25, 0.3) is 0 Å². The Balaban J connectivity index is 2.28. The highest BCUT2D eigenvalue weighted by Crippen LogP contribution is 2.17. The molecular formula is C14H23NOS. The average molecular weight is 253 g/mol. The highest BCUT2D eigenvalue weighted by Gasteiger charge is 2.03. The molecule has 1 aromatic rings. The molecule has 0 heterocycles. The van der Waals surface area contributed by atoms with Gasteiger partial charge in [0.2, 0.25) is 0 Å². The molecule has 0 radical (unpaired) electrons. The lowest BCUT2D eigenvalue weighted by Gasteiger charge is -2.14. The van der Waals surface area contributed by atoms with Crippen molar-refractivity contribution in [3.8, 4) is 5.75 Å². The van der Waals surface area contributed by atoms with Crippen LogP contribution in [0.3, 0.4) is 0 Å². The quantitative estimate of drug-likeness (QED) is 0.717. The first kappa shape index (κ1) is 14.4. The monoisotopic (exact) mass is 253 g/mol. The molecule has 0 bridgehead atoms. The molecule has 1 rings (SSSR count). The smallest absolute Gasteiger partial charge is 0.118 e. The molecule has 1 aromatic carbocycles. The molecule has 96 valence electrons. The molecule has 2 nitrogen and oxygen atoms in total. The van der Waals surface area contributed by atoms with Gasteiger partial charge in [-0.25, -0.2) is 0 Å². The van der Waals surface area contributed by atoms with Crippen molar-refractivity contribution in [3.63, 3.8) is 0 Å². The first-order chi connectivity index (χ1) is 8.27. The fourth-order valence-corrected chi connectivity index (χ4v) is 2.28. The topological polar surface area (TPSA) is 21.3 Å². The van der Waals surface area contributed by atoms with Gasteiger partial charge in [0, 0.05) is 6.04 Å². The normalized spacial score (nSPS) is 12.4. The largest absolute Gasteiger partial charge is 0.497 e. The molecule has 3 heteroatoms. The summed E-state index contributed by atoms with van der Waals surface area (Å²) >= 11 is 2.00. The second-order valence-electron chi connectivity index (χ2n) is 4.00. The molecule has 0 amide bonds. The van der Waals surface area contributed by atoms with E-state index in [-0.39, 0.29) is 0 Å². The zero-order chi connectivity index (χ0) is 12.5. The Morgan fingerprint density at radius 1 is 1.29 bits per heavy atom. The van der Waals surface area contributed by atoms with Crippen LogP contribution in [-0.2, 0) is 0 Å². The van der Waals surface area contributed by atoms with E-state index in [1.54, 1.807) is 7.11 Å². The summed E-state index contributed by atoms with van der Waals surface area (Å²) in [6.07, 6.45) is 1.24. The number of rotatable bonds is 8. The second-order valence-corrected chi connectivity index (χ2v) is 5.39. The van der Waals surface area contributed by atoms with Crippen LogP contribution in [0.15, 0.2) is 24.3 Å². The molecule has 1 unspecified atom stereocenters. The molecule has 0 aromatic heterocycles. The summed E-state index contributed by atoms with van der Waals surface area (Å²) < 4.78 is 5.15. The van der Waals surface area contributed by atoms with Crippen molar-refractivity contribution in [2.75, 3.05) is 25.2 Å². The van der Waals surface area contributed by atoms with Crippen LogP contribution in [0, 0.1) is 0 Å². The first-order valence-electron chi connectivity index (χ1n) is 6.23. The zero-order valence-corrected chi connectivity index (χ0v) is 11.8. The highest BCUT2D eigenvalue weighted by atomic mass is 32.2. The van der Waals surface area contributed by atoms with Crippen LogP contribution in [0.2, 0.25) is 0 Å². The fourth-order valence-electron chi connectivity index (χ4n) is 1.65. The fraction of sp³-hybridized carbons (Fsp3) is 0.571. The molecule has 0 aliphatic carbocycles. The van der Waals surface area contributed by atoms with Gasteiger partial charge in [-0.2, -0.15) is 11.8 Å². The van der Waals surface area contributed by atoms with Gasteiger partial charge < -0.3 is 10.1 Å². The Morgan fingerprint density at radius 2 is 2.00 bits per heavy atom. The van der Waals surface area contributed by atoms with Crippen LogP contribution in [0.5, 0.6) is 5.75 Å². The summed E-state index contributed by atoms with van der Waals surface area (Å²) in [5, 5.41) is 3.54. The van der Waals surface area contributed by atoms with Crippen LogP contribution in [-0.4, -0.2) is 25.2 Å². The molecule has 0 spiro atoms. The molecule has 17 heavy (non-hydrogen) atoms. The molecule has 0 saturated heterocycles. The number of benzene rings is 1. The van der Waals surface area contributed by atoms with Gasteiger partial charge in [0.15, 0.2) is 0 Å². The van der Waals surface area contributed by atoms with Gasteiger partial charge in [-0.15, -0.1) is 0 Å². The summed E-state index contributed by atoms with van der Waals surface area (Å²) in [5.74, 6) is 3.38. The first-order valence-corrected chi connectivity index (χ1v) is 7.38. The van der Waals surface area contributed by atoms with E-state index in [9.17, 15) is 0 Å². The summed E-state index contributed by atoms with van der Waals surface area (Å²) in [5.41, 5.74) is 1.31. The van der Waals surface area contributed by atoms with E-state index in [1.807, 2.05) is 23.9 Å². The number of hydrogen-bond acceptors (Lipinski definition) is 3. The Bertz CT molecular complexity index is 300. The standard InChI is InChI=1S/C14H23NOS/c1-4-17-11-5-10-15-12(2)13-6-8-14(16-3)9-7-13/h6-9,12,15H,4-5,10-11H2,1-3H3. The molecule has 1 atom stereocenters. The van der Waals surface area contributed by atoms with Crippen LogP contribution in [0.1, 0.15) is 31.9 Å². The van der Waals surface area contributed by atoms with E-state index >= 15 is 0 Å². The Hall–Kier alpha value is -0.670. The van der Waals surface area contributed by atoms with Gasteiger partial charge in [0.05, 0.1) is 7.11 Å². The van der Waals surface area contributed by atoms with Gasteiger partial charge in [0.1, 0.15) is 5.75 Å². The number of ether oxygens (including phenoxy) is 1. The van der Waals surface area contributed by atoms with E-state index < -0.39 is 0 Å². The highest BCUT2D eigenvalue weighted by molar-refractivity contribution is 7.99. The van der Waals surface area contributed by atoms with Crippen LogP contribution in [0.25, 0.3) is 0 Å². The third-order valence-corrected chi connectivity index (χ3v) is 3.72. The van der Waals surface area contributed by atoms with Gasteiger partial charge >= 0.3 is 0 Å². The Morgan fingerprint density at radius 3 is 2.59 bits per heavy atom. The van der Waals surface area contributed by atoms with Crippen molar-refractivity contribution in [1.29, 1.82) is 0 Å². The molecule has 1 N–H and O–H groups in total. The van der Waals surface area contributed by atoms with Crippen molar-refractivity contribution in [3.05, 3.63) is 29.8 Å². The summed E-state index contributed by atoms with van der Waals surface area (Å²) in [4.78, 5) is 0. The maximum Gasteiger partial charge on any atom is 0.118 e. The molecule has 0 fully saturated rings. The number of thioether (sulfide) groups is 1. The summed E-state index contributed by atoms with van der Waals surface area (Å²) in [7, 11) is 1.70. The van der Waals surface area contributed by atoms with Gasteiger partial charge in [-0.05, 0) is 49.1 Å². The van der Waals surface area contributed by atoms with Gasteiger partial charge in [-0.1, -0.05) is 19.1 Å². The average Bonchev–Trinajstić information content (AvgIpc) is 2.38.